The smallest absolute Gasteiger partial charge is 0.411 e. The maximum Gasteiger partial charge on any atom is 0.411 e. The zero-order chi connectivity index (χ0) is 15.0. The molecule has 0 bridgehead atoms. The number of carbonyl (C=O) groups is 1. The van der Waals surface area contributed by atoms with E-state index in [1.54, 1.807) is 6.07 Å². The molecule has 0 radical (unpaired) electrons. The van der Waals surface area contributed by atoms with Crippen LogP contribution < -0.4 is 5.32 Å². The van der Waals surface area contributed by atoms with Gasteiger partial charge in [-0.1, -0.05) is 25.7 Å². The molecule has 4 nitrogen and oxygen atoms in total. The predicted molar refractivity (Wildman–Crippen MR) is 79.6 cm³/mol. The molecule has 0 spiro atoms. The maximum absolute atomic E-state index is 11.5. The van der Waals surface area contributed by atoms with Crippen LogP contribution >= 0.6 is 0 Å². The van der Waals surface area contributed by atoms with Crippen molar-refractivity contribution in [1.82, 2.24) is 0 Å². The molecular weight excluding hydrogens is 254 g/mol. The lowest BCUT2D eigenvalue weighted by Crippen LogP contribution is -2.16. The van der Waals surface area contributed by atoms with E-state index in [1.165, 1.54) is 0 Å². The zero-order valence-electron chi connectivity index (χ0n) is 12.2. The molecule has 0 saturated heterocycles. The van der Waals surface area contributed by atoms with E-state index in [4.69, 9.17) is 9.84 Å². The number of carbonyl (C=O) groups excluding carboxylic acids is 1. The fourth-order valence-corrected chi connectivity index (χ4v) is 1.49. The monoisotopic (exact) mass is 275 g/mol. The van der Waals surface area contributed by atoms with E-state index in [0.717, 1.165) is 11.1 Å². The van der Waals surface area contributed by atoms with Crippen LogP contribution in [-0.2, 0) is 4.74 Å². The Morgan fingerprint density at radius 3 is 2.80 bits per heavy atom. The van der Waals surface area contributed by atoms with E-state index >= 15 is 0 Å². The van der Waals surface area contributed by atoms with Crippen LogP contribution in [0, 0.1) is 24.7 Å². The highest BCUT2D eigenvalue weighted by molar-refractivity contribution is 5.84. The Balaban J connectivity index is 2.64. The minimum absolute atomic E-state index is 0.0629. The van der Waals surface area contributed by atoms with Crippen LogP contribution in [0.2, 0.25) is 0 Å². The number of aliphatic hydroxyl groups is 1. The number of ether oxygens (including phenoxy) is 1. The third-order valence-electron chi connectivity index (χ3n) is 2.48. The Hall–Kier alpha value is -1.99. The van der Waals surface area contributed by atoms with E-state index in [0.29, 0.717) is 24.6 Å². The number of rotatable bonds is 4. The maximum atomic E-state index is 11.5. The van der Waals surface area contributed by atoms with Gasteiger partial charge in [0.2, 0.25) is 0 Å². The molecule has 4 heteroatoms. The fraction of sp³-hybridized carbons (Fsp3) is 0.438. The van der Waals surface area contributed by atoms with Gasteiger partial charge in [0.25, 0.3) is 0 Å². The highest BCUT2D eigenvalue weighted by Crippen LogP contribution is 2.14. The largest absolute Gasteiger partial charge is 0.449 e. The van der Waals surface area contributed by atoms with E-state index in [2.05, 4.69) is 17.2 Å². The van der Waals surface area contributed by atoms with E-state index in [-0.39, 0.29) is 6.61 Å². The summed E-state index contributed by atoms with van der Waals surface area (Å²) >= 11 is 0. The average Bonchev–Trinajstić information content (AvgIpc) is 2.39. The van der Waals surface area contributed by atoms with E-state index in [9.17, 15) is 4.79 Å². The topological polar surface area (TPSA) is 58.6 Å². The Bertz CT molecular complexity index is 512. The summed E-state index contributed by atoms with van der Waals surface area (Å²) in [5.41, 5.74) is 2.54. The normalized spacial score (nSPS) is 9.85. The van der Waals surface area contributed by atoms with Crippen LogP contribution in [0.4, 0.5) is 10.5 Å². The molecule has 1 rings (SSSR count). The second kappa shape index (κ2) is 8.23. The molecule has 0 unspecified atom stereocenters. The van der Waals surface area contributed by atoms with Crippen molar-refractivity contribution in [2.75, 3.05) is 18.5 Å². The van der Waals surface area contributed by atoms with Crippen molar-refractivity contribution < 1.29 is 14.6 Å². The number of amides is 1. The Morgan fingerprint density at radius 2 is 2.20 bits per heavy atom. The number of anilines is 1. The molecule has 0 atom stereocenters. The molecule has 0 aromatic heterocycles. The summed E-state index contributed by atoms with van der Waals surface area (Å²) in [6.07, 6.45) is 0.0123. The van der Waals surface area contributed by atoms with Gasteiger partial charge in [0.1, 0.15) is 0 Å². The second-order valence-electron chi connectivity index (χ2n) is 4.92. The van der Waals surface area contributed by atoms with Crippen molar-refractivity contribution in [2.24, 2.45) is 5.92 Å². The molecular formula is C16H21NO3. The van der Waals surface area contributed by atoms with Crippen molar-refractivity contribution >= 4 is 11.8 Å². The third-order valence-corrected chi connectivity index (χ3v) is 2.48. The predicted octanol–water partition coefficient (Wildman–Crippen LogP) is 2.93. The number of aliphatic hydroxyl groups excluding tert-OH is 1. The van der Waals surface area contributed by atoms with Crippen LogP contribution in [0.5, 0.6) is 0 Å². The van der Waals surface area contributed by atoms with Gasteiger partial charge in [-0.3, -0.25) is 5.32 Å². The molecule has 108 valence electrons. The SMILES string of the molecule is Cc1cc(NC(=O)OCC(C)C)ccc1C#CCCO. The Labute approximate surface area is 120 Å². The zero-order valence-corrected chi connectivity index (χ0v) is 12.2. The lowest BCUT2D eigenvalue weighted by Gasteiger charge is -2.09. The summed E-state index contributed by atoms with van der Waals surface area (Å²) in [6, 6.07) is 5.48. The van der Waals surface area contributed by atoms with Gasteiger partial charge in [-0.2, -0.15) is 0 Å². The summed E-state index contributed by atoms with van der Waals surface area (Å²) in [4.78, 5) is 11.5. The number of hydrogen-bond donors (Lipinski definition) is 2. The number of hydrogen-bond acceptors (Lipinski definition) is 3. The Kier molecular flexibility index (Phi) is 6.61. The summed E-state index contributed by atoms with van der Waals surface area (Å²) in [6.45, 7) is 6.35. The summed E-state index contributed by atoms with van der Waals surface area (Å²) in [5.74, 6) is 6.17. The molecule has 0 fully saturated rings. The minimum atomic E-state index is -0.447. The summed E-state index contributed by atoms with van der Waals surface area (Å²) < 4.78 is 5.05. The molecule has 0 aliphatic rings. The molecule has 0 saturated carbocycles. The average molecular weight is 275 g/mol. The van der Waals surface area contributed by atoms with Gasteiger partial charge < -0.3 is 9.84 Å². The molecule has 0 aliphatic heterocycles. The molecule has 0 heterocycles. The Morgan fingerprint density at radius 1 is 1.45 bits per heavy atom. The number of nitrogens with one attached hydrogen (secondary N) is 1. The fourth-order valence-electron chi connectivity index (χ4n) is 1.49. The van der Waals surface area contributed by atoms with Gasteiger partial charge in [-0.15, -0.1) is 0 Å². The molecule has 1 amide bonds. The van der Waals surface area contributed by atoms with Crippen molar-refractivity contribution in [2.45, 2.75) is 27.2 Å². The van der Waals surface area contributed by atoms with Crippen molar-refractivity contribution in [1.29, 1.82) is 0 Å². The first-order chi connectivity index (χ1) is 9.52. The molecule has 20 heavy (non-hydrogen) atoms. The summed E-state index contributed by atoms with van der Waals surface area (Å²) in [5, 5.41) is 11.4. The molecule has 2 N–H and O–H groups in total. The first kappa shape index (κ1) is 16.1. The van der Waals surface area contributed by atoms with Crippen LogP contribution in [0.25, 0.3) is 0 Å². The number of benzene rings is 1. The van der Waals surface area contributed by atoms with Gasteiger partial charge >= 0.3 is 6.09 Å². The van der Waals surface area contributed by atoms with E-state index in [1.807, 2.05) is 32.9 Å². The van der Waals surface area contributed by atoms with Gasteiger partial charge in [0.15, 0.2) is 0 Å². The van der Waals surface area contributed by atoms with E-state index < -0.39 is 6.09 Å². The lowest BCUT2D eigenvalue weighted by molar-refractivity contribution is 0.147. The number of aryl methyl sites for hydroxylation is 1. The standard InChI is InChI=1S/C16H21NO3/c1-12(2)11-20-16(19)17-15-8-7-14(13(3)10-15)6-4-5-9-18/h7-8,10,12,18H,5,9,11H2,1-3H3,(H,17,19). The third kappa shape index (κ3) is 5.77. The van der Waals surface area contributed by atoms with Crippen LogP contribution in [0.15, 0.2) is 18.2 Å². The molecule has 1 aromatic rings. The van der Waals surface area contributed by atoms with Crippen LogP contribution in [0.3, 0.4) is 0 Å². The van der Waals surface area contributed by atoms with Crippen LogP contribution in [-0.4, -0.2) is 24.4 Å². The second-order valence-corrected chi connectivity index (χ2v) is 4.92. The molecule has 0 aliphatic carbocycles. The van der Waals surface area contributed by atoms with Gasteiger partial charge in [-0.05, 0) is 36.6 Å². The first-order valence-corrected chi connectivity index (χ1v) is 6.67. The molecule has 1 aromatic carbocycles. The van der Waals surface area contributed by atoms with Crippen molar-refractivity contribution in [3.05, 3.63) is 29.3 Å². The van der Waals surface area contributed by atoms with Gasteiger partial charge in [-0.25, -0.2) is 4.79 Å². The highest BCUT2D eigenvalue weighted by Gasteiger charge is 2.05. The highest BCUT2D eigenvalue weighted by atomic mass is 16.5. The lowest BCUT2D eigenvalue weighted by atomic mass is 10.1. The van der Waals surface area contributed by atoms with Crippen molar-refractivity contribution in [3.63, 3.8) is 0 Å². The van der Waals surface area contributed by atoms with Gasteiger partial charge in [0, 0.05) is 17.7 Å². The quantitative estimate of drug-likeness (QED) is 0.831. The minimum Gasteiger partial charge on any atom is -0.449 e. The summed E-state index contributed by atoms with van der Waals surface area (Å²) in [7, 11) is 0. The van der Waals surface area contributed by atoms with Crippen LogP contribution in [0.1, 0.15) is 31.4 Å². The van der Waals surface area contributed by atoms with Gasteiger partial charge in [0.05, 0.1) is 13.2 Å². The first-order valence-electron chi connectivity index (χ1n) is 6.67. The van der Waals surface area contributed by atoms with Crippen molar-refractivity contribution in [3.8, 4) is 11.8 Å².